The predicted octanol–water partition coefficient (Wildman–Crippen LogP) is 3.10. The number of benzene rings is 1. The standard InChI is InChI=1S/C25H30ClFN3O8P/c1-5-11-25(26)20(31)19(37-23(25)30-12-18(27)21(28)29-24(30)33)13-35-39(34,38-17-9-7-6-8-10-17)14-16(4)22(32)36-15(2)3/h6-10,12,15-16,19-20,23,31H,13-14H2,1-4H3,(H2,28,29,33)/t16-,19-,20+,23-,25?,39+/m1/s1/i13D2. The Kier molecular flexibility index (Phi) is 8.85. The van der Waals surface area contributed by atoms with Crippen LogP contribution in [-0.2, 0) is 23.4 Å². The molecule has 0 bridgehead atoms. The minimum atomic E-state index is -4.57. The van der Waals surface area contributed by atoms with Crippen LogP contribution >= 0.6 is 19.2 Å². The van der Waals surface area contributed by atoms with Gasteiger partial charge in [-0.05, 0) is 32.9 Å². The number of carbonyl (C=O) groups is 1. The zero-order valence-electron chi connectivity index (χ0n) is 23.5. The first-order valence-electron chi connectivity index (χ1n) is 12.8. The fourth-order valence-electron chi connectivity index (χ4n) is 3.62. The number of para-hydroxylation sites is 1. The molecule has 39 heavy (non-hydrogen) atoms. The number of nitrogens with zero attached hydrogens (tertiary/aromatic N) is 2. The van der Waals surface area contributed by atoms with Crippen molar-refractivity contribution in [1.82, 2.24) is 9.55 Å². The van der Waals surface area contributed by atoms with Gasteiger partial charge in [0.25, 0.3) is 0 Å². The van der Waals surface area contributed by atoms with E-state index in [1.165, 1.54) is 26.0 Å². The fourth-order valence-corrected chi connectivity index (χ4v) is 5.70. The molecule has 3 rings (SSSR count). The highest BCUT2D eigenvalue weighted by atomic mass is 35.5. The number of hydrogen-bond acceptors (Lipinski definition) is 10. The first-order valence-corrected chi connectivity index (χ1v) is 13.9. The lowest BCUT2D eigenvalue weighted by Gasteiger charge is -2.26. The molecule has 212 valence electrons. The number of hydrogen-bond donors (Lipinski definition) is 2. The largest absolute Gasteiger partial charge is 0.463 e. The molecule has 1 saturated heterocycles. The third-order valence-corrected chi connectivity index (χ3v) is 7.78. The van der Waals surface area contributed by atoms with Crippen LogP contribution in [0.4, 0.5) is 10.2 Å². The number of carbonyl (C=O) groups excluding carboxylic acids is 1. The summed E-state index contributed by atoms with van der Waals surface area (Å²) in [6.45, 7) is 2.87. The van der Waals surface area contributed by atoms with Crippen molar-refractivity contribution in [2.45, 2.75) is 57.1 Å². The number of nitrogen functional groups attached to an aromatic ring is 1. The van der Waals surface area contributed by atoms with Crippen LogP contribution in [0, 0.1) is 23.6 Å². The van der Waals surface area contributed by atoms with Gasteiger partial charge in [-0.25, -0.2) is 13.8 Å². The maximum atomic E-state index is 14.2. The summed E-state index contributed by atoms with van der Waals surface area (Å²) < 4.78 is 67.8. The van der Waals surface area contributed by atoms with E-state index in [2.05, 4.69) is 16.8 Å². The van der Waals surface area contributed by atoms with Crippen molar-refractivity contribution in [2.75, 3.05) is 18.5 Å². The van der Waals surface area contributed by atoms with Crippen LogP contribution in [0.2, 0.25) is 0 Å². The molecule has 2 heterocycles. The SMILES string of the molecule is [2H]C([2H])(O[P@@](=O)(C[C@@H](C)C(=O)OC(C)C)Oc1ccccc1)[C@H]1O[C@@H](n2cc(F)c(N)nc2=O)C(Cl)(C#CC)[C@H]1O. The molecule has 0 radical (unpaired) electrons. The minimum Gasteiger partial charge on any atom is -0.463 e. The molecule has 1 aromatic heterocycles. The van der Waals surface area contributed by atoms with Crippen LogP contribution in [0.25, 0.3) is 0 Å². The number of halogens is 2. The van der Waals surface area contributed by atoms with E-state index in [0.29, 0.717) is 10.8 Å². The van der Waals surface area contributed by atoms with Gasteiger partial charge in [-0.2, -0.15) is 4.98 Å². The van der Waals surface area contributed by atoms with E-state index < -0.39 is 78.9 Å². The average Bonchev–Trinajstić information content (AvgIpc) is 3.12. The minimum absolute atomic E-state index is 0.0420. The Bertz CT molecular complexity index is 1440. The highest BCUT2D eigenvalue weighted by molar-refractivity contribution is 7.54. The van der Waals surface area contributed by atoms with Crippen molar-refractivity contribution < 1.29 is 40.1 Å². The van der Waals surface area contributed by atoms with Gasteiger partial charge in [-0.15, -0.1) is 5.92 Å². The molecule has 1 aliphatic heterocycles. The summed E-state index contributed by atoms with van der Waals surface area (Å²) in [5.41, 5.74) is 4.23. The Morgan fingerprint density at radius 2 is 2.08 bits per heavy atom. The van der Waals surface area contributed by atoms with Crippen LogP contribution in [0.1, 0.15) is 36.7 Å². The van der Waals surface area contributed by atoms with E-state index in [0.717, 1.165) is 0 Å². The molecule has 14 heteroatoms. The summed E-state index contributed by atoms with van der Waals surface area (Å²) in [6.07, 6.45) is -6.34. The summed E-state index contributed by atoms with van der Waals surface area (Å²) in [5, 5.41) is 11.1. The lowest BCUT2D eigenvalue weighted by atomic mass is 9.99. The van der Waals surface area contributed by atoms with Gasteiger partial charge in [0.1, 0.15) is 18.0 Å². The molecule has 0 saturated carbocycles. The van der Waals surface area contributed by atoms with Crippen molar-refractivity contribution in [3.8, 4) is 17.6 Å². The van der Waals surface area contributed by atoms with Crippen molar-refractivity contribution >= 4 is 31.0 Å². The van der Waals surface area contributed by atoms with E-state index >= 15 is 0 Å². The Morgan fingerprint density at radius 3 is 2.69 bits per heavy atom. The van der Waals surface area contributed by atoms with Crippen LogP contribution in [0.3, 0.4) is 0 Å². The van der Waals surface area contributed by atoms with Gasteiger partial charge in [-0.1, -0.05) is 42.6 Å². The molecule has 1 aromatic carbocycles. The number of anilines is 1. The van der Waals surface area contributed by atoms with Crippen molar-refractivity contribution in [3.63, 3.8) is 0 Å². The first-order chi connectivity index (χ1) is 19.0. The monoisotopic (exact) mass is 587 g/mol. The Balaban J connectivity index is 2.01. The normalized spacial score (nSPS) is 26.0. The van der Waals surface area contributed by atoms with Gasteiger partial charge in [0.15, 0.2) is 22.7 Å². The second-order valence-corrected chi connectivity index (χ2v) is 11.5. The van der Waals surface area contributed by atoms with Crippen LogP contribution in [0.15, 0.2) is 41.3 Å². The van der Waals surface area contributed by atoms with Gasteiger partial charge in [0, 0.05) is 0 Å². The van der Waals surface area contributed by atoms with Crippen molar-refractivity contribution in [3.05, 3.63) is 52.8 Å². The molecule has 6 atom stereocenters. The predicted molar refractivity (Wildman–Crippen MR) is 141 cm³/mol. The topological polar surface area (TPSA) is 152 Å². The second-order valence-electron chi connectivity index (χ2n) is 8.95. The Labute approximate surface area is 232 Å². The molecule has 0 aliphatic carbocycles. The Morgan fingerprint density at radius 1 is 1.41 bits per heavy atom. The average molecular weight is 588 g/mol. The highest BCUT2D eigenvalue weighted by Gasteiger charge is 2.56. The molecule has 2 aromatic rings. The van der Waals surface area contributed by atoms with E-state index in [1.54, 1.807) is 32.0 Å². The van der Waals surface area contributed by atoms with Gasteiger partial charge in [0.05, 0.1) is 33.7 Å². The molecule has 1 unspecified atom stereocenters. The molecule has 11 nitrogen and oxygen atoms in total. The Hall–Kier alpha value is -2.94. The summed E-state index contributed by atoms with van der Waals surface area (Å²) in [5.74, 6) is 1.36. The third-order valence-electron chi connectivity index (χ3n) is 5.40. The lowest BCUT2D eigenvalue weighted by molar-refractivity contribution is -0.151. The molecular weight excluding hydrogens is 556 g/mol. The van der Waals surface area contributed by atoms with Crippen LogP contribution < -0.4 is 15.9 Å². The van der Waals surface area contributed by atoms with E-state index in [9.17, 15) is 23.7 Å². The smallest absolute Gasteiger partial charge is 0.380 e. The number of aliphatic hydroxyl groups excluding tert-OH is 1. The maximum Gasteiger partial charge on any atom is 0.380 e. The first kappa shape index (κ1) is 27.6. The molecule has 0 spiro atoms. The number of esters is 1. The van der Waals surface area contributed by atoms with E-state index in [4.69, 9.17) is 38.6 Å². The van der Waals surface area contributed by atoms with Crippen molar-refractivity contribution in [2.24, 2.45) is 5.92 Å². The number of alkyl halides is 1. The molecule has 1 fully saturated rings. The fraction of sp³-hybridized carbons (Fsp3) is 0.480. The summed E-state index contributed by atoms with van der Waals surface area (Å²) >= 11 is 6.59. The van der Waals surface area contributed by atoms with Gasteiger partial charge < -0.3 is 24.8 Å². The highest BCUT2D eigenvalue weighted by Crippen LogP contribution is 2.51. The quantitative estimate of drug-likeness (QED) is 0.183. The molecule has 3 N–H and O–H groups in total. The maximum absolute atomic E-state index is 14.2. The van der Waals surface area contributed by atoms with Crippen LogP contribution in [0.5, 0.6) is 5.75 Å². The summed E-state index contributed by atoms with van der Waals surface area (Å²) in [4.78, 5) is 26.1. The number of nitrogens with two attached hydrogens (primary N) is 1. The molecule has 0 amide bonds. The van der Waals surface area contributed by atoms with Gasteiger partial charge in [-0.3, -0.25) is 13.9 Å². The number of ether oxygens (including phenoxy) is 2. The zero-order chi connectivity index (χ0) is 30.8. The van der Waals surface area contributed by atoms with Crippen molar-refractivity contribution in [1.29, 1.82) is 0 Å². The van der Waals surface area contributed by atoms with Gasteiger partial charge in [0.2, 0.25) is 0 Å². The van der Waals surface area contributed by atoms with E-state index in [-0.39, 0.29) is 5.75 Å². The molecule has 1 aliphatic rings. The van der Waals surface area contributed by atoms with Crippen LogP contribution in [-0.4, -0.2) is 56.5 Å². The molecular formula is C25H30ClFN3O8P. The number of rotatable bonds is 10. The van der Waals surface area contributed by atoms with Gasteiger partial charge >= 0.3 is 19.3 Å². The summed E-state index contributed by atoms with van der Waals surface area (Å²) in [6, 6.07) is 7.68. The van der Waals surface area contributed by atoms with E-state index in [1.807, 2.05) is 0 Å². The second kappa shape index (κ2) is 12.5. The number of aromatic nitrogens is 2. The number of aliphatic hydroxyl groups is 1. The lowest BCUT2D eigenvalue weighted by Crippen LogP contribution is -2.43. The summed E-state index contributed by atoms with van der Waals surface area (Å²) in [7, 11) is -4.57. The zero-order valence-corrected chi connectivity index (χ0v) is 23.2. The third kappa shape index (κ3) is 7.18.